The Hall–Kier alpha value is -1.58. The van der Waals surface area contributed by atoms with Gasteiger partial charge in [0.05, 0.1) is 6.20 Å². The van der Waals surface area contributed by atoms with Gasteiger partial charge in [0, 0.05) is 12.1 Å². The number of nitrogens with zero attached hydrogens (tertiary/aromatic N) is 1. The largest absolute Gasteiger partial charge is 0.347 e. The summed E-state index contributed by atoms with van der Waals surface area (Å²) in [6.45, 7) is 0.585. The summed E-state index contributed by atoms with van der Waals surface area (Å²) in [6.07, 6.45) is 5.40. The Morgan fingerprint density at radius 1 is 1.55 bits per heavy atom. The van der Waals surface area contributed by atoms with Gasteiger partial charge in [0.1, 0.15) is 5.69 Å². The first kappa shape index (κ1) is 6.15. The third-order valence-corrected chi connectivity index (χ3v) is 1.57. The van der Waals surface area contributed by atoms with Gasteiger partial charge in [-0.3, -0.25) is 9.89 Å². The summed E-state index contributed by atoms with van der Waals surface area (Å²) in [5.74, 6) is -0.0949. The van der Waals surface area contributed by atoms with Gasteiger partial charge in [0.15, 0.2) is 0 Å². The predicted octanol–water partition coefficient (Wildman–Crippen LogP) is 0.166. The van der Waals surface area contributed by atoms with Crippen LogP contribution in [0, 0.1) is 0 Å². The van der Waals surface area contributed by atoms with Gasteiger partial charge < -0.3 is 5.32 Å². The van der Waals surface area contributed by atoms with E-state index in [0.717, 1.165) is 5.56 Å². The molecule has 1 aromatic heterocycles. The van der Waals surface area contributed by atoms with Crippen molar-refractivity contribution in [3.05, 3.63) is 23.5 Å². The number of nitrogens with one attached hydrogen (secondary N) is 2. The molecule has 0 radical (unpaired) electrons. The van der Waals surface area contributed by atoms with Crippen LogP contribution in [0.1, 0.15) is 16.1 Å². The zero-order valence-electron chi connectivity index (χ0n) is 5.79. The van der Waals surface area contributed by atoms with Crippen molar-refractivity contribution in [2.45, 2.75) is 0 Å². The van der Waals surface area contributed by atoms with Crippen LogP contribution >= 0.6 is 0 Å². The standard InChI is InChI=1S/C7H7N3O/c11-7-6-5(4-9-10-6)2-1-3-8-7/h1-2,4H,3H2,(H,8,11)(H,9,10). The van der Waals surface area contributed by atoms with Crippen LogP contribution in [-0.4, -0.2) is 22.6 Å². The second-order valence-corrected chi connectivity index (χ2v) is 2.31. The lowest BCUT2D eigenvalue weighted by atomic mass is 10.2. The van der Waals surface area contributed by atoms with Gasteiger partial charge >= 0.3 is 0 Å². The lowest BCUT2D eigenvalue weighted by Crippen LogP contribution is -2.22. The SMILES string of the molecule is O=C1NCC=Cc2cn[nH]c21. The molecule has 56 valence electrons. The number of carbonyl (C=O) groups is 1. The summed E-state index contributed by atoms with van der Waals surface area (Å²) in [5, 5.41) is 9.08. The molecule has 0 saturated carbocycles. The van der Waals surface area contributed by atoms with Crippen molar-refractivity contribution < 1.29 is 4.79 Å². The van der Waals surface area contributed by atoms with Crippen LogP contribution in [0.5, 0.6) is 0 Å². The number of fused-ring (bicyclic) bond motifs is 1. The molecule has 1 aromatic rings. The van der Waals surface area contributed by atoms with Crippen molar-refractivity contribution >= 4 is 12.0 Å². The second kappa shape index (κ2) is 2.23. The van der Waals surface area contributed by atoms with E-state index in [9.17, 15) is 4.79 Å². The predicted molar refractivity (Wildman–Crippen MR) is 40.0 cm³/mol. The van der Waals surface area contributed by atoms with Gasteiger partial charge in [-0.15, -0.1) is 0 Å². The van der Waals surface area contributed by atoms with Gasteiger partial charge in [-0.2, -0.15) is 5.10 Å². The summed E-state index contributed by atoms with van der Waals surface area (Å²) in [4.78, 5) is 11.1. The first-order valence-corrected chi connectivity index (χ1v) is 3.36. The Balaban J connectivity index is 2.53. The molecule has 0 aliphatic carbocycles. The molecular weight excluding hydrogens is 142 g/mol. The molecule has 0 bridgehead atoms. The molecule has 0 atom stereocenters. The average Bonchev–Trinajstić information content (AvgIpc) is 2.40. The van der Waals surface area contributed by atoms with Crippen molar-refractivity contribution in [2.24, 2.45) is 0 Å². The minimum Gasteiger partial charge on any atom is -0.347 e. The topological polar surface area (TPSA) is 57.8 Å². The fraction of sp³-hybridized carbons (Fsp3) is 0.143. The van der Waals surface area contributed by atoms with Gasteiger partial charge in [-0.05, 0) is 0 Å². The summed E-state index contributed by atoms with van der Waals surface area (Å²) < 4.78 is 0. The van der Waals surface area contributed by atoms with Crippen molar-refractivity contribution in [1.82, 2.24) is 15.5 Å². The van der Waals surface area contributed by atoms with E-state index >= 15 is 0 Å². The number of amides is 1. The molecule has 11 heavy (non-hydrogen) atoms. The van der Waals surface area contributed by atoms with Crippen LogP contribution in [0.25, 0.3) is 6.08 Å². The monoisotopic (exact) mass is 149 g/mol. The lowest BCUT2D eigenvalue weighted by molar-refractivity contribution is 0.0953. The Kier molecular flexibility index (Phi) is 1.25. The quantitative estimate of drug-likeness (QED) is 0.552. The zero-order valence-corrected chi connectivity index (χ0v) is 5.79. The fourth-order valence-electron chi connectivity index (χ4n) is 1.03. The highest BCUT2D eigenvalue weighted by Crippen LogP contribution is 2.08. The number of aromatic nitrogens is 2. The summed E-state index contributed by atoms with van der Waals surface area (Å²) in [6, 6.07) is 0. The molecule has 2 rings (SSSR count). The first-order chi connectivity index (χ1) is 5.38. The Bertz CT molecular complexity index is 313. The van der Waals surface area contributed by atoms with E-state index < -0.39 is 0 Å². The molecule has 1 aliphatic rings. The summed E-state index contributed by atoms with van der Waals surface area (Å²) in [7, 11) is 0. The molecule has 2 heterocycles. The molecule has 4 nitrogen and oxygen atoms in total. The molecule has 0 saturated heterocycles. The number of rotatable bonds is 0. The van der Waals surface area contributed by atoms with E-state index in [0.29, 0.717) is 12.2 Å². The molecule has 4 heteroatoms. The van der Waals surface area contributed by atoms with Crippen LogP contribution in [0.3, 0.4) is 0 Å². The Morgan fingerprint density at radius 3 is 3.36 bits per heavy atom. The molecule has 0 fully saturated rings. The maximum Gasteiger partial charge on any atom is 0.270 e. The van der Waals surface area contributed by atoms with Crippen LogP contribution < -0.4 is 5.32 Å². The van der Waals surface area contributed by atoms with Gasteiger partial charge in [0.2, 0.25) is 0 Å². The van der Waals surface area contributed by atoms with Crippen molar-refractivity contribution in [1.29, 1.82) is 0 Å². The van der Waals surface area contributed by atoms with E-state index in [2.05, 4.69) is 15.5 Å². The third-order valence-electron chi connectivity index (χ3n) is 1.57. The van der Waals surface area contributed by atoms with Gasteiger partial charge in [-0.25, -0.2) is 0 Å². The zero-order chi connectivity index (χ0) is 7.68. The van der Waals surface area contributed by atoms with E-state index in [-0.39, 0.29) is 5.91 Å². The molecule has 0 unspecified atom stereocenters. The van der Waals surface area contributed by atoms with Gasteiger partial charge in [0.25, 0.3) is 5.91 Å². The highest BCUT2D eigenvalue weighted by Gasteiger charge is 2.12. The maximum atomic E-state index is 11.1. The molecule has 2 N–H and O–H groups in total. The van der Waals surface area contributed by atoms with Crippen LogP contribution in [0.4, 0.5) is 0 Å². The maximum absolute atomic E-state index is 11.1. The Labute approximate surface area is 63.3 Å². The molecule has 1 aliphatic heterocycles. The second-order valence-electron chi connectivity index (χ2n) is 2.31. The molecular formula is C7H7N3O. The van der Waals surface area contributed by atoms with Crippen LogP contribution in [0.2, 0.25) is 0 Å². The third kappa shape index (κ3) is 0.920. The summed E-state index contributed by atoms with van der Waals surface area (Å²) >= 11 is 0. The highest BCUT2D eigenvalue weighted by molar-refractivity contribution is 5.96. The smallest absolute Gasteiger partial charge is 0.270 e. The first-order valence-electron chi connectivity index (χ1n) is 3.36. The Morgan fingerprint density at radius 2 is 2.45 bits per heavy atom. The minimum atomic E-state index is -0.0949. The number of H-pyrrole nitrogens is 1. The fourth-order valence-corrected chi connectivity index (χ4v) is 1.03. The van der Waals surface area contributed by atoms with Crippen LogP contribution in [-0.2, 0) is 0 Å². The van der Waals surface area contributed by atoms with E-state index in [1.807, 2.05) is 12.2 Å². The van der Waals surface area contributed by atoms with E-state index in [1.165, 1.54) is 0 Å². The normalized spacial score (nSPS) is 15.5. The van der Waals surface area contributed by atoms with Crippen molar-refractivity contribution in [3.63, 3.8) is 0 Å². The minimum absolute atomic E-state index is 0.0949. The number of hydrogen-bond donors (Lipinski definition) is 2. The number of carbonyl (C=O) groups excluding carboxylic acids is 1. The summed E-state index contributed by atoms with van der Waals surface area (Å²) in [5.41, 5.74) is 1.39. The van der Waals surface area contributed by atoms with Crippen molar-refractivity contribution in [3.8, 4) is 0 Å². The lowest BCUT2D eigenvalue weighted by Gasteiger charge is -1.95. The highest BCUT2D eigenvalue weighted by atomic mass is 16.1. The molecule has 1 amide bonds. The van der Waals surface area contributed by atoms with E-state index in [4.69, 9.17) is 0 Å². The number of hydrogen-bond acceptors (Lipinski definition) is 2. The van der Waals surface area contributed by atoms with Gasteiger partial charge in [-0.1, -0.05) is 12.2 Å². The van der Waals surface area contributed by atoms with Crippen LogP contribution in [0.15, 0.2) is 12.3 Å². The molecule has 0 aromatic carbocycles. The average molecular weight is 149 g/mol. The van der Waals surface area contributed by atoms with E-state index in [1.54, 1.807) is 6.20 Å². The molecule has 0 spiro atoms. The van der Waals surface area contributed by atoms with Crippen molar-refractivity contribution in [2.75, 3.05) is 6.54 Å². The number of aromatic amines is 1.